The molecule has 1 aromatic carbocycles. The van der Waals surface area contributed by atoms with E-state index in [1.807, 2.05) is 0 Å². The minimum atomic E-state index is -3.86. The molecule has 1 aromatic rings. The molecule has 114 valence electrons. The summed E-state index contributed by atoms with van der Waals surface area (Å²) in [5.41, 5.74) is 0.557. The largest absolute Gasteiger partial charge is 0.310 e. The fraction of sp³-hybridized carbons (Fsp3) is 0.364. The van der Waals surface area contributed by atoms with Gasteiger partial charge in [-0.25, -0.2) is 8.42 Å². The van der Waals surface area contributed by atoms with Crippen LogP contribution in [0.4, 0.5) is 11.4 Å². The second-order valence-corrected chi connectivity index (χ2v) is 8.42. The van der Waals surface area contributed by atoms with Crippen molar-refractivity contribution in [3.8, 4) is 0 Å². The van der Waals surface area contributed by atoms with E-state index in [0.717, 1.165) is 0 Å². The van der Waals surface area contributed by atoms with Gasteiger partial charge in [0.25, 0.3) is 5.69 Å². The number of carbonyl (C=O) groups excluding carboxylic acids is 1. The Hall–Kier alpha value is -1.19. The number of benzene rings is 1. The molecule has 1 aliphatic heterocycles. The third-order valence-corrected chi connectivity index (χ3v) is 5.74. The lowest BCUT2D eigenvalue weighted by Gasteiger charge is -2.18. The second kappa shape index (κ2) is 5.54. The number of nitro groups is 1. The summed E-state index contributed by atoms with van der Waals surface area (Å²) in [6.07, 6.45) is -0.236. The molecule has 1 fully saturated rings. The Kier molecular flexibility index (Phi) is 4.27. The molecule has 1 aliphatic rings. The molecular weight excluding hydrogens is 388 g/mol. The highest BCUT2D eigenvalue weighted by Crippen LogP contribution is 2.36. The lowest BCUT2D eigenvalue weighted by molar-refractivity contribution is -0.385. The summed E-state index contributed by atoms with van der Waals surface area (Å²) < 4.78 is 23.2. The zero-order valence-corrected chi connectivity index (χ0v) is 13.9. The van der Waals surface area contributed by atoms with Crippen molar-refractivity contribution >= 4 is 52.9 Å². The van der Waals surface area contributed by atoms with Gasteiger partial charge in [-0.05, 0) is 28.9 Å². The Morgan fingerprint density at radius 1 is 1.48 bits per heavy atom. The van der Waals surface area contributed by atoms with Crippen LogP contribution in [0.25, 0.3) is 0 Å². The molecule has 0 bridgehead atoms. The zero-order valence-electron chi connectivity index (χ0n) is 10.7. The normalized spacial score (nSPS) is 19.1. The van der Waals surface area contributed by atoms with Gasteiger partial charge in [0.05, 0.1) is 10.6 Å². The molecule has 0 spiro atoms. The smallest absolute Gasteiger partial charge is 0.274 e. The molecule has 10 heteroatoms. The molecule has 1 heterocycles. The van der Waals surface area contributed by atoms with Gasteiger partial charge in [-0.1, -0.05) is 0 Å². The first-order chi connectivity index (χ1) is 9.61. The van der Waals surface area contributed by atoms with Crippen LogP contribution < -0.4 is 4.90 Å². The van der Waals surface area contributed by atoms with E-state index >= 15 is 0 Å². The molecule has 7 nitrogen and oxygen atoms in total. The highest BCUT2D eigenvalue weighted by Gasteiger charge is 2.39. The number of hydrogen-bond donors (Lipinski definition) is 0. The van der Waals surface area contributed by atoms with E-state index in [2.05, 4.69) is 15.9 Å². The van der Waals surface area contributed by atoms with Gasteiger partial charge in [0, 0.05) is 39.8 Å². The maximum Gasteiger partial charge on any atom is 0.274 e. The number of rotatable bonds is 3. The van der Waals surface area contributed by atoms with Crippen molar-refractivity contribution in [2.75, 3.05) is 11.4 Å². The van der Waals surface area contributed by atoms with E-state index in [4.69, 9.17) is 10.7 Å². The number of nitro benzene ring substituents is 1. The summed E-state index contributed by atoms with van der Waals surface area (Å²) in [6.45, 7) is 1.45. The average Bonchev–Trinajstić information content (AvgIpc) is 2.70. The molecule has 21 heavy (non-hydrogen) atoms. The molecule has 0 aromatic heterocycles. The Labute approximate surface area is 133 Å². The van der Waals surface area contributed by atoms with Gasteiger partial charge >= 0.3 is 0 Å². The summed E-state index contributed by atoms with van der Waals surface area (Å²) in [5, 5.41) is 9.96. The van der Waals surface area contributed by atoms with E-state index in [9.17, 15) is 23.3 Å². The predicted molar refractivity (Wildman–Crippen MR) is 81.1 cm³/mol. The van der Waals surface area contributed by atoms with Gasteiger partial charge in [-0.2, -0.15) is 0 Å². The first kappa shape index (κ1) is 16.2. The average molecular weight is 398 g/mol. The van der Waals surface area contributed by atoms with E-state index in [1.165, 1.54) is 17.0 Å². The zero-order chi connectivity index (χ0) is 15.9. The fourth-order valence-corrected chi connectivity index (χ4v) is 3.85. The maximum atomic E-state index is 12.0. The molecule has 0 radical (unpaired) electrons. The topological polar surface area (TPSA) is 97.6 Å². The highest BCUT2D eigenvalue weighted by atomic mass is 79.9. The first-order valence-corrected chi connectivity index (χ1v) is 8.96. The minimum Gasteiger partial charge on any atom is -0.310 e. The van der Waals surface area contributed by atoms with Crippen molar-refractivity contribution in [1.82, 2.24) is 0 Å². The second-order valence-electron chi connectivity index (χ2n) is 4.65. The van der Waals surface area contributed by atoms with Gasteiger partial charge in [0.15, 0.2) is 0 Å². The molecule has 0 aliphatic carbocycles. The summed E-state index contributed by atoms with van der Waals surface area (Å²) >= 11 is 3.24. The number of anilines is 1. The van der Waals surface area contributed by atoms with Crippen LogP contribution in [0.1, 0.15) is 12.0 Å². The number of amides is 1. The number of aryl methyl sites for hydroxylation is 1. The molecular formula is C11H10BrClN2O5S. The fourth-order valence-electron chi connectivity index (χ4n) is 2.15. The van der Waals surface area contributed by atoms with E-state index in [0.29, 0.717) is 10.0 Å². The number of nitrogens with zero attached hydrogens (tertiary/aromatic N) is 2. The lowest BCUT2D eigenvalue weighted by Crippen LogP contribution is -2.27. The van der Waals surface area contributed by atoms with Gasteiger partial charge in [0.2, 0.25) is 15.0 Å². The summed E-state index contributed by atoms with van der Waals surface area (Å²) in [5.74, 6) is -0.442. The highest BCUT2D eigenvalue weighted by molar-refractivity contribution is 9.10. The summed E-state index contributed by atoms with van der Waals surface area (Å²) in [6, 6.07) is 2.77. The van der Waals surface area contributed by atoms with Crippen LogP contribution in [0.5, 0.6) is 0 Å². The van der Waals surface area contributed by atoms with E-state index < -0.39 is 25.1 Å². The van der Waals surface area contributed by atoms with Gasteiger partial charge in [-0.3, -0.25) is 14.9 Å². The molecule has 0 N–H and O–H groups in total. The van der Waals surface area contributed by atoms with Crippen molar-refractivity contribution in [2.24, 2.45) is 0 Å². The third kappa shape index (κ3) is 3.19. The van der Waals surface area contributed by atoms with Crippen LogP contribution in [-0.4, -0.2) is 31.0 Å². The Morgan fingerprint density at radius 2 is 2.10 bits per heavy atom. The molecule has 1 saturated heterocycles. The van der Waals surface area contributed by atoms with Crippen molar-refractivity contribution < 1.29 is 18.1 Å². The number of hydrogen-bond acceptors (Lipinski definition) is 5. The Bertz CT molecular complexity index is 736. The number of halogens is 2. The van der Waals surface area contributed by atoms with Crippen LogP contribution in [0, 0.1) is 17.0 Å². The van der Waals surface area contributed by atoms with Crippen molar-refractivity contribution in [3.05, 3.63) is 32.3 Å². The molecule has 0 saturated carbocycles. The predicted octanol–water partition coefficient (Wildman–Crippen LogP) is 2.34. The minimum absolute atomic E-state index is 0.122. The van der Waals surface area contributed by atoms with Crippen molar-refractivity contribution in [2.45, 2.75) is 18.6 Å². The van der Waals surface area contributed by atoms with Gasteiger partial charge in [0.1, 0.15) is 5.25 Å². The van der Waals surface area contributed by atoms with Crippen LogP contribution >= 0.6 is 26.6 Å². The Morgan fingerprint density at radius 3 is 2.57 bits per heavy atom. The molecule has 1 amide bonds. The van der Waals surface area contributed by atoms with Crippen LogP contribution in [-0.2, 0) is 13.8 Å². The van der Waals surface area contributed by atoms with Crippen molar-refractivity contribution in [3.63, 3.8) is 0 Å². The van der Waals surface area contributed by atoms with Crippen LogP contribution in [0.15, 0.2) is 16.6 Å². The molecule has 2 rings (SSSR count). The molecule has 1 atom stereocenters. The lowest BCUT2D eigenvalue weighted by atomic mass is 10.1. The third-order valence-electron chi connectivity index (χ3n) is 3.24. The summed E-state index contributed by atoms with van der Waals surface area (Å²) in [4.78, 5) is 23.6. The summed E-state index contributed by atoms with van der Waals surface area (Å²) in [7, 11) is 1.41. The van der Waals surface area contributed by atoms with E-state index in [1.54, 1.807) is 6.92 Å². The quantitative estimate of drug-likeness (QED) is 0.443. The SMILES string of the molecule is Cc1cc(Br)c(N2CC(S(=O)(=O)Cl)CC2=O)cc1[N+](=O)[O-]. The standard InChI is InChI=1S/C11H10BrClN2O5S/c1-6-2-8(12)10(4-9(6)15(17)18)14-5-7(3-11(14)16)21(13,19)20/h2,4,7H,3,5H2,1H3. The van der Waals surface area contributed by atoms with Gasteiger partial charge in [-0.15, -0.1) is 0 Å². The van der Waals surface area contributed by atoms with Gasteiger partial charge < -0.3 is 4.90 Å². The van der Waals surface area contributed by atoms with E-state index in [-0.39, 0.29) is 24.3 Å². The number of carbonyl (C=O) groups is 1. The van der Waals surface area contributed by atoms with Crippen LogP contribution in [0.2, 0.25) is 0 Å². The van der Waals surface area contributed by atoms with Crippen molar-refractivity contribution in [1.29, 1.82) is 0 Å². The Balaban J connectivity index is 2.45. The first-order valence-electron chi connectivity index (χ1n) is 5.79. The van der Waals surface area contributed by atoms with Crippen LogP contribution in [0.3, 0.4) is 0 Å². The molecule has 1 unspecified atom stereocenters. The monoisotopic (exact) mass is 396 g/mol. The maximum absolute atomic E-state index is 12.0.